The predicted molar refractivity (Wildman–Crippen MR) is 260 cm³/mol. The first-order valence-electron chi connectivity index (χ1n) is 24.9. The van der Waals surface area contributed by atoms with E-state index < -0.39 is 42.4 Å². The minimum atomic E-state index is -1.01. The molecule has 6 N–H and O–H groups in total. The summed E-state index contributed by atoms with van der Waals surface area (Å²) in [4.78, 5) is 86.3. The molecule has 2 aliphatic carbocycles. The zero-order valence-electron chi connectivity index (χ0n) is 40.5. The van der Waals surface area contributed by atoms with E-state index in [-0.39, 0.29) is 47.5 Å². The van der Waals surface area contributed by atoms with E-state index in [1.807, 2.05) is 48.5 Å². The molecular weight excluding hydrogens is 861 g/mol. The first-order valence-corrected chi connectivity index (χ1v) is 24.9. The molecular formula is C53H72N8O7. The number of fused-ring (bicyclic) bond motifs is 2. The summed E-state index contributed by atoms with van der Waals surface area (Å²) in [5, 5.41) is 18.3. The number of nitrogens with one attached hydrogen (secondary N) is 6. The van der Waals surface area contributed by atoms with Gasteiger partial charge in [0.15, 0.2) is 0 Å². The molecule has 3 aromatic rings. The summed E-state index contributed by atoms with van der Waals surface area (Å²) in [6.07, 6.45) is 8.55. The molecule has 2 aliphatic heterocycles. The van der Waals surface area contributed by atoms with Crippen LogP contribution in [-0.4, -0.2) is 115 Å². The molecule has 3 aromatic carbocycles. The highest BCUT2D eigenvalue weighted by atomic mass is 16.5. The van der Waals surface area contributed by atoms with Crippen LogP contribution in [0.1, 0.15) is 130 Å². The molecule has 2 heterocycles. The van der Waals surface area contributed by atoms with Gasteiger partial charge in [-0.3, -0.25) is 28.8 Å². The van der Waals surface area contributed by atoms with E-state index in [0.29, 0.717) is 63.8 Å². The van der Waals surface area contributed by atoms with Crippen LogP contribution in [-0.2, 0) is 52.8 Å². The van der Waals surface area contributed by atoms with Gasteiger partial charge in [0.2, 0.25) is 35.4 Å². The molecule has 7 rings (SSSR count). The lowest BCUT2D eigenvalue weighted by atomic mass is 9.87. The van der Waals surface area contributed by atoms with Gasteiger partial charge < -0.3 is 46.4 Å². The maximum absolute atomic E-state index is 14.5. The Bertz CT molecular complexity index is 2250. The smallest absolute Gasteiger partial charge is 0.250 e. The van der Waals surface area contributed by atoms with E-state index in [1.54, 1.807) is 44.7 Å². The summed E-state index contributed by atoms with van der Waals surface area (Å²) in [5.74, 6) is -1.70. The van der Waals surface area contributed by atoms with Crippen molar-refractivity contribution in [2.24, 2.45) is 0 Å². The van der Waals surface area contributed by atoms with Crippen molar-refractivity contribution in [3.63, 3.8) is 0 Å². The van der Waals surface area contributed by atoms with E-state index in [4.69, 9.17) is 4.74 Å². The van der Waals surface area contributed by atoms with Gasteiger partial charge in [-0.15, -0.1) is 0 Å². The Kier molecular flexibility index (Phi) is 17.4. The van der Waals surface area contributed by atoms with E-state index >= 15 is 0 Å². The van der Waals surface area contributed by atoms with Crippen LogP contribution in [0.2, 0.25) is 0 Å². The Morgan fingerprint density at radius 3 is 1.65 bits per heavy atom. The normalized spacial score (nSPS) is 22.1. The fraction of sp³-hybridized carbons (Fsp3) is 0.547. The van der Waals surface area contributed by atoms with Crippen molar-refractivity contribution in [2.75, 3.05) is 33.8 Å². The van der Waals surface area contributed by atoms with Crippen LogP contribution in [0, 0.1) is 0 Å². The summed E-state index contributed by atoms with van der Waals surface area (Å²) < 4.78 is 6.28. The van der Waals surface area contributed by atoms with Crippen molar-refractivity contribution in [1.29, 1.82) is 0 Å². The van der Waals surface area contributed by atoms with Gasteiger partial charge in [0.05, 0.1) is 30.3 Å². The van der Waals surface area contributed by atoms with Gasteiger partial charge in [-0.25, -0.2) is 0 Å². The van der Waals surface area contributed by atoms with Crippen LogP contribution in [0.5, 0.6) is 0 Å². The third kappa shape index (κ3) is 12.0. The molecule has 4 aliphatic rings. The third-order valence-corrected chi connectivity index (χ3v) is 14.6. The second-order valence-corrected chi connectivity index (χ2v) is 19.1. The Labute approximate surface area is 401 Å². The van der Waals surface area contributed by atoms with Crippen molar-refractivity contribution in [2.45, 2.75) is 152 Å². The molecule has 366 valence electrons. The first kappa shape index (κ1) is 50.2. The number of benzene rings is 3. The quantitative estimate of drug-likeness (QED) is 0.0956. The molecule has 9 atom stereocenters. The lowest BCUT2D eigenvalue weighted by Gasteiger charge is -2.33. The van der Waals surface area contributed by atoms with E-state index in [0.717, 1.165) is 55.2 Å². The van der Waals surface area contributed by atoms with Crippen molar-refractivity contribution >= 4 is 35.4 Å². The number of rotatable bonds is 19. The highest BCUT2D eigenvalue weighted by molar-refractivity contribution is 5.95. The Morgan fingerprint density at radius 1 is 0.618 bits per heavy atom. The number of ether oxygens (including phenoxy) is 1. The second kappa shape index (κ2) is 23.6. The van der Waals surface area contributed by atoms with Crippen molar-refractivity contribution in [3.8, 4) is 0 Å². The van der Waals surface area contributed by atoms with Gasteiger partial charge in [0, 0.05) is 19.7 Å². The number of nitrogens with zero attached hydrogens (tertiary/aromatic N) is 2. The molecule has 15 heteroatoms. The number of likely N-dealkylation sites (N-methyl/N-ethyl adjacent to an activating group) is 2. The van der Waals surface area contributed by atoms with Gasteiger partial charge in [-0.05, 0) is 145 Å². The van der Waals surface area contributed by atoms with Gasteiger partial charge in [-0.2, -0.15) is 0 Å². The maximum atomic E-state index is 14.5. The van der Waals surface area contributed by atoms with Crippen LogP contribution in [0.25, 0.3) is 0 Å². The summed E-state index contributed by atoms with van der Waals surface area (Å²) in [5.41, 5.74) is 6.33. The lowest BCUT2D eigenvalue weighted by molar-refractivity contribution is -0.145. The fourth-order valence-electron chi connectivity index (χ4n) is 10.3. The van der Waals surface area contributed by atoms with Crippen LogP contribution in [0.3, 0.4) is 0 Å². The number of likely N-dealkylation sites (tertiary alicyclic amines) is 2. The van der Waals surface area contributed by atoms with Gasteiger partial charge >= 0.3 is 0 Å². The molecule has 0 bridgehead atoms. The van der Waals surface area contributed by atoms with Crippen molar-refractivity contribution in [1.82, 2.24) is 41.7 Å². The number of hydrogen-bond acceptors (Lipinski definition) is 9. The lowest BCUT2D eigenvalue weighted by Crippen LogP contribution is -2.59. The average Bonchev–Trinajstić information content (AvgIpc) is 4.07. The third-order valence-electron chi connectivity index (χ3n) is 14.6. The number of aryl methyl sites for hydroxylation is 3. The molecule has 6 amide bonds. The minimum Gasteiger partial charge on any atom is -0.376 e. The summed E-state index contributed by atoms with van der Waals surface area (Å²) in [6.45, 7) is 6.33. The van der Waals surface area contributed by atoms with Crippen LogP contribution in [0.4, 0.5) is 0 Å². The molecule has 1 unspecified atom stereocenters. The number of hydrogen-bond donors (Lipinski definition) is 6. The van der Waals surface area contributed by atoms with Crippen molar-refractivity contribution < 1.29 is 33.5 Å². The molecule has 2 saturated heterocycles. The first-order chi connectivity index (χ1) is 32.9. The van der Waals surface area contributed by atoms with Gasteiger partial charge in [-0.1, -0.05) is 72.8 Å². The summed E-state index contributed by atoms with van der Waals surface area (Å²) in [6, 6.07) is 19.3. The van der Waals surface area contributed by atoms with E-state index in [2.05, 4.69) is 56.2 Å². The Balaban J connectivity index is 0.971. The highest BCUT2D eigenvalue weighted by Gasteiger charge is 2.42. The molecule has 0 aromatic heterocycles. The standard InChI is InChI=1S/C53H72N8O7/c1-33(54-4)48(62)58-46(52(66)60-30-12-24-44(60)50(64)56-42-22-10-18-37-16-6-8-20-40(37)42)35(3)68-32-14-15-36-26-28-39(29-27-36)47(59-49(63)34(2)55-5)53(67)61-31-13-25-45(61)51(65)57-43-23-11-19-38-17-7-9-21-41(38)43/h6-9,16-17,20-21,26-29,33-35,42-47,54-55H,10-15,18-19,22-25,30-32H2,1-5H3,(H,56,64)(H,57,65)(H,58,62)(H,59,63)/t33-,34-,35+,42+,43+,44-,45-,46?,47-/m0/s1. The predicted octanol–water partition coefficient (Wildman–Crippen LogP) is 4.25. The molecule has 68 heavy (non-hydrogen) atoms. The average molecular weight is 933 g/mol. The van der Waals surface area contributed by atoms with Gasteiger partial charge in [0.1, 0.15) is 24.2 Å². The topological polar surface area (TPSA) is 190 Å². The van der Waals surface area contributed by atoms with Gasteiger partial charge in [0.25, 0.3) is 0 Å². The summed E-state index contributed by atoms with van der Waals surface area (Å²) >= 11 is 0. The molecule has 15 nitrogen and oxygen atoms in total. The maximum Gasteiger partial charge on any atom is 0.250 e. The Morgan fingerprint density at radius 2 is 1.12 bits per heavy atom. The van der Waals surface area contributed by atoms with Crippen LogP contribution >= 0.6 is 0 Å². The van der Waals surface area contributed by atoms with E-state index in [9.17, 15) is 28.8 Å². The zero-order chi connectivity index (χ0) is 48.3. The largest absolute Gasteiger partial charge is 0.376 e. The summed E-state index contributed by atoms with van der Waals surface area (Å²) in [7, 11) is 3.36. The Hall–Kier alpha value is -5.64. The fourth-order valence-corrected chi connectivity index (χ4v) is 10.3. The molecule has 0 radical (unpaired) electrons. The molecule has 0 spiro atoms. The zero-order valence-corrected chi connectivity index (χ0v) is 40.5. The second-order valence-electron chi connectivity index (χ2n) is 19.1. The van der Waals surface area contributed by atoms with Crippen molar-refractivity contribution in [3.05, 3.63) is 106 Å². The van der Waals surface area contributed by atoms with Crippen LogP contribution in [0.15, 0.2) is 72.8 Å². The molecule has 2 fully saturated rings. The minimum absolute atomic E-state index is 0.108. The van der Waals surface area contributed by atoms with Crippen LogP contribution < -0.4 is 31.9 Å². The SMILES string of the molecule is CN[C@@H](C)C(=O)NC(C(=O)N1CCC[C@H]1C(=O)N[C@@H]1CCCc2ccccc21)[C@@H](C)OCCCc1ccc([C@H](NC(=O)[C@H](C)NC)C(=O)N2CCC[C@H]2C(=O)N[C@@H]2CCCc3ccccc32)cc1. The molecule has 0 saturated carbocycles. The monoisotopic (exact) mass is 933 g/mol. The number of carbonyl (C=O) groups is 6. The van der Waals surface area contributed by atoms with E-state index in [1.165, 1.54) is 11.1 Å². The number of amides is 6. The number of carbonyl (C=O) groups excluding carboxylic acids is 6. The highest BCUT2D eigenvalue weighted by Crippen LogP contribution is 2.33.